The van der Waals surface area contributed by atoms with Crippen molar-refractivity contribution in [2.45, 2.75) is 25.3 Å². The topological polar surface area (TPSA) is 24.8 Å². The number of hydrogen-bond donors (Lipinski definition) is 0. The van der Waals surface area contributed by atoms with Gasteiger partial charge in [-0.3, -0.25) is 5.01 Å². The first-order chi connectivity index (χ1) is 5.88. The zero-order valence-corrected chi connectivity index (χ0v) is 7.57. The Balaban J connectivity index is 1.90. The van der Waals surface area contributed by atoms with E-state index in [-0.39, 0.29) is 0 Å². The molecule has 2 unspecified atom stereocenters. The molecule has 1 fully saturated rings. The minimum absolute atomic E-state index is 0.602. The Labute approximate surface area is 73.4 Å². The van der Waals surface area contributed by atoms with Gasteiger partial charge in [-0.05, 0) is 12.8 Å². The molecule has 68 valence electrons. The van der Waals surface area contributed by atoms with Gasteiger partial charge < -0.3 is 4.74 Å². The maximum absolute atomic E-state index is 5.46. The average molecular weight is 168 g/mol. The van der Waals surface area contributed by atoms with Gasteiger partial charge in [0.25, 0.3) is 0 Å². The minimum Gasteiger partial charge on any atom is -0.381 e. The number of nitrogens with zero attached hydrogens (tertiary/aromatic N) is 2. The molecule has 0 aromatic carbocycles. The molecule has 1 saturated heterocycles. The van der Waals surface area contributed by atoms with Crippen molar-refractivity contribution in [3.8, 4) is 0 Å². The largest absolute Gasteiger partial charge is 0.381 e. The van der Waals surface area contributed by atoms with Gasteiger partial charge in [0.15, 0.2) is 0 Å². The molecule has 0 N–H and O–H groups in total. The van der Waals surface area contributed by atoms with Crippen LogP contribution in [-0.2, 0) is 4.74 Å². The summed E-state index contributed by atoms with van der Waals surface area (Å²) in [4.78, 5) is 0. The highest BCUT2D eigenvalue weighted by Crippen LogP contribution is 2.24. The third kappa shape index (κ3) is 1.46. The molecule has 0 radical (unpaired) electrons. The summed E-state index contributed by atoms with van der Waals surface area (Å²) < 4.78 is 5.46. The van der Waals surface area contributed by atoms with E-state index in [0.29, 0.717) is 12.0 Å². The first-order valence-electron chi connectivity index (χ1n) is 4.71. The summed E-state index contributed by atoms with van der Waals surface area (Å²) >= 11 is 0. The number of hydrazone groups is 1. The van der Waals surface area contributed by atoms with Gasteiger partial charge in [0.2, 0.25) is 0 Å². The standard InChI is InChI=1S/C9H16N2O/c1-11-9(4-5-10-11)8-3-2-6-12-7-8/h5,8-9H,2-4,6-7H2,1H3. The average Bonchev–Trinajstić information content (AvgIpc) is 2.53. The Morgan fingerprint density at radius 3 is 3.08 bits per heavy atom. The van der Waals surface area contributed by atoms with E-state index in [2.05, 4.69) is 17.2 Å². The molecule has 0 amide bonds. The second-order valence-corrected chi connectivity index (χ2v) is 3.65. The van der Waals surface area contributed by atoms with Crippen molar-refractivity contribution in [3.63, 3.8) is 0 Å². The summed E-state index contributed by atoms with van der Waals surface area (Å²) in [6, 6.07) is 0.602. The summed E-state index contributed by atoms with van der Waals surface area (Å²) in [6.07, 6.45) is 5.64. The lowest BCUT2D eigenvalue weighted by Gasteiger charge is -2.31. The van der Waals surface area contributed by atoms with Gasteiger partial charge in [-0.25, -0.2) is 0 Å². The van der Waals surface area contributed by atoms with Gasteiger partial charge in [-0.15, -0.1) is 0 Å². The van der Waals surface area contributed by atoms with Gasteiger partial charge in [0.05, 0.1) is 12.6 Å². The van der Waals surface area contributed by atoms with Crippen LogP contribution in [0.1, 0.15) is 19.3 Å². The van der Waals surface area contributed by atoms with Crippen molar-refractivity contribution in [1.82, 2.24) is 5.01 Å². The lowest BCUT2D eigenvalue weighted by molar-refractivity contribution is 0.0215. The molecular weight excluding hydrogens is 152 g/mol. The van der Waals surface area contributed by atoms with E-state index in [0.717, 1.165) is 19.6 Å². The second kappa shape index (κ2) is 3.44. The Hall–Kier alpha value is -0.570. The smallest absolute Gasteiger partial charge is 0.0567 e. The van der Waals surface area contributed by atoms with E-state index in [1.54, 1.807) is 0 Å². The lowest BCUT2D eigenvalue weighted by atomic mass is 9.92. The highest BCUT2D eigenvalue weighted by atomic mass is 16.5. The zero-order valence-electron chi connectivity index (χ0n) is 7.57. The maximum Gasteiger partial charge on any atom is 0.0567 e. The van der Waals surface area contributed by atoms with Crippen LogP contribution in [0.3, 0.4) is 0 Å². The second-order valence-electron chi connectivity index (χ2n) is 3.65. The summed E-state index contributed by atoms with van der Waals surface area (Å²) in [5, 5.41) is 6.33. The summed E-state index contributed by atoms with van der Waals surface area (Å²) in [5.74, 6) is 0.700. The van der Waals surface area contributed by atoms with E-state index in [1.165, 1.54) is 12.8 Å². The van der Waals surface area contributed by atoms with Gasteiger partial charge >= 0.3 is 0 Å². The van der Waals surface area contributed by atoms with Crippen LogP contribution in [0.25, 0.3) is 0 Å². The monoisotopic (exact) mass is 168 g/mol. The van der Waals surface area contributed by atoms with Gasteiger partial charge in [-0.1, -0.05) is 0 Å². The fourth-order valence-electron chi connectivity index (χ4n) is 2.09. The fourth-order valence-corrected chi connectivity index (χ4v) is 2.09. The molecule has 0 bridgehead atoms. The minimum atomic E-state index is 0.602. The van der Waals surface area contributed by atoms with Crippen molar-refractivity contribution in [1.29, 1.82) is 0 Å². The molecule has 3 nitrogen and oxygen atoms in total. The molecule has 12 heavy (non-hydrogen) atoms. The number of rotatable bonds is 1. The first kappa shape index (κ1) is 8.05. The molecular formula is C9H16N2O. The van der Waals surface area contributed by atoms with E-state index in [9.17, 15) is 0 Å². The maximum atomic E-state index is 5.46. The molecule has 0 aromatic heterocycles. The quantitative estimate of drug-likeness (QED) is 0.585. The molecule has 0 aromatic rings. The molecule has 2 aliphatic rings. The van der Waals surface area contributed by atoms with Gasteiger partial charge in [-0.2, -0.15) is 5.10 Å². The van der Waals surface area contributed by atoms with Crippen molar-refractivity contribution < 1.29 is 4.74 Å². The van der Waals surface area contributed by atoms with Crippen LogP contribution in [0.4, 0.5) is 0 Å². The van der Waals surface area contributed by atoms with Crippen LogP contribution in [0.15, 0.2) is 5.10 Å². The zero-order chi connectivity index (χ0) is 8.39. The van der Waals surface area contributed by atoms with Crippen molar-refractivity contribution in [2.75, 3.05) is 20.3 Å². The Bertz CT molecular complexity index is 175. The third-order valence-electron chi connectivity index (χ3n) is 2.83. The van der Waals surface area contributed by atoms with E-state index >= 15 is 0 Å². The number of ether oxygens (including phenoxy) is 1. The van der Waals surface area contributed by atoms with Crippen LogP contribution in [-0.4, -0.2) is 37.5 Å². The van der Waals surface area contributed by atoms with E-state index in [1.807, 2.05) is 6.21 Å². The number of hydrogen-bond acceptors (Lipinski definition) is 3. The third-order valence-corrected chi connectivity index (χ3v) is 2.83. The predicted octanol–water partition coefficient (Wildman–Crippen LogP) is 1.10. The van der Waals surface area contributed by atoms with Gasteiger partial charge in [0.1, 0.15) is 0 Å². The molecule has 0 saturated carbocycles. The SMILES string of the molecule is CN1N=CCC1C1CCCOC1. The Morgan fingerprint density at radius 2 is 2.50 bits per heavy atom. The first-order valence-corrected chi connectivity index (χ1v) is 4.71. The van der Waals surface area contributed by atoms with Crippen LogP contribution in [0.2, 0.25) is 0 Å². The Kier molecular flexibility index (Phi) is 2.30. The Morgan fingerprint density at radius 1 is 1.58 bits per heavy atom. The molecule has 2 heterocycles. The summed E-state index contributed by atoms with van der Waals surface area (Å²) in [7, 11) is 2.06. The summed E-state index contributed by atoms with van der Waals surface area (Å²) in [5.41, 5.74) is 0. The molecule has 0 aliphatic carbocycles. The highest BCUT2D eigenvalue weighted by molar-refractivity contribution is 5.59. The molecule has 0 spiro atoms. The highest BCUT2D eigenvalue weighted by Gasteiger charge is 2.28. The summed E-state index contributed by atoms with van der Waals surface area (Å²) in [6.45, 7) is 1.88. The van der Waals surface area contributed by atoms with Crippen LogP contribution < -0.4 is 0 Å². The molecule has 3 heteroatoms. The normalized spacial score (nSPS) is 35.9. The lowest BCUT2D eigenvalue weighted by Crippen LogP contribution is -2.36. The fraction of sp³-hybridized carbons (Fsp3) is 0.889. The molecule has 2 rings (SSSR count). The predicted molar refractivity (Wildman–Crippen MR) is 48.2 cm³/mol. The molecule has 2 atom stereocenters. The van der Waals surface area contributed by atoms with Crippen molar-refractivity contribution in [2.24, 2.45) is 11.0 Å². The van der Waals surface area contributed by atoms with Crippen molar-refractivity contribution >= 4 is 6.21 Å². The van der Waals surface area contributed by atoms with Gasteiger partial charge in [0, 0.05) is 32.2 Å². The molecule has 2 aliphatic heterocycles. The van der Waals surface area contributed by atoms with Crippen LogP contribution in [0, 0.1) is 5.92 Å². The van der Waals surface area contributed by atoms with Crippen LogP contribution in [0.5, 0.6) is 0 Å². The van der Waals surface area contributed by atoms with E-state index in [4.69, 9.17) is 4.74 Å². The van der Waals surface area contributed by atoms with E-state index < -0.39 is 0 Å². The van der Waals surface area contributed by atoms with Crippen molar-refractivity contribution in [3.05, 3.63) is 0 Å². The van der Waals surface area contributed by atoms with Crippen LogP contribution >= 0.6 is 0 Å².